The molecule has 1 rings (SSSR count). The van der Waals surface area contributed by atoms with Crippen LogP contribution in [0.4, 0.5) is 0 Å². The van der Waals surface area contributed by atoms with Gasteiger partial charge in [-0.15, -0.1) is 11.6 Å². The second-order valence-electron chi connectivity index (χ2n) is 4.49. The van der Waals surface area contributed by atoms with Crippen molar-refractivity contribution in [2.45, 2.75) is 45.1 Å². The van der Waals surface area contributed by atoms with Gasteiger partial charge in [-0.25, -0.2) is 0 Å². The Kier molecular flexibility index (Phi) is 7.51. The van der Waals surface area contributed by atoms with Crippen LogP contribution in [0.2, 0.25) is 0 Å². The van der Waals surface area contributed by atoms with Crippen LogP contribution < -0.4 is 5.32 Å². The third-order valence-corrected chi connectivity index (χ3v) is 3.25. The van der Waals surface area contributed by atoms with Crippen LogP contribution in [0.3, 0.4) is 0 Å². The van der Waals surface area contributed by atoms with Crippen molar-refractivity contribution in [1.29, 1.82) is 0 Å². The predicted molar refractivity (Wildman–Crippen MR) is 76.9 cm³/mol. The summed E-state index contributed by atoms with van der Waals surface area (Å²) in [6.45, 7) is 2.07. The molecule has 0 aliphatic carbocycles. The van der Waals surface area contributed by atoms with Crippen LogP contribution >= 0.6 is 11.6 Å². The number of nitrogens with one attached hydrogen (secondary N) is 1. The van der Waals surface area contributed by atoms with E-state index in [1.807, 2.05) is 18.2 Å². The van der Waals surface area contributed by atoms with Crippen molar-refractivity contribution in [1.82, 2.24) is 5.32 Å². The first-order valence-electron chi connectivity index (χ1n) is 6.65. The van der Waals surface area contributed by atoms with Crippen molar-refractivity contribution in [3.05, 3.63) is 35.9 Å². The number of amides is 1. The van der Waals surface area contributed by atoms with Gasteiger partial charge in [0, 0.05) is 18.3 Å². The Balaban J connectivity index is 2.20. The molecule has 0 aliphatic heterocycles. The van der Waals surface area contributed by atoms with E-state index in [0.29, 0.717) is 12.3 Å². The zero-order chi connectivity index (χ0) is 13.2. The van der Waals surface area contributed by atoms with Gasteiger partial charge in [-0.1, -0.05) is 37.3 Å². The molecule has 3 heteroatoms. The number of alkyl halides is 1. The highest BCUT2D eigenvalue weighted by Gasteiger charge is 2.09. The summed E-state index contributed by atoms with van der Waals surface area (Å²) in [6, 6.07) is 10.5. The lowest BCUT2D eigenvalue weighted by Crippen LogP contribution is -2.34. The van der Waals surface area contributed by atoms with Crippen LogP contribution in [-0.2, 0) is 11.2 Å². The first-order chi connectivity index (χ1) is 8.76. The van der Waals surface area contributed by atoms with E-state index in [1.54, 1.807) is 0 Å². The Hall–Kier alpha value is -1.02. The highest BCUT2D eigenvalue weighted by atomic mass is 35.5. The SMILES string of the molecule is CCC(CCCl)NC(=O)CCCc1ccccc1. The first kappa shape index (κ1) is 15.0. The Morgan fingerprint density at radius 1 is 1.33 bits per heavy atom. The monoisotopic (exact) mass is 267 g/mol. The molecule has 1 amide bonds. The van der Waals surface area contributed by atoms with E-state index in [1.165, 1.54) is 5.56 Å². The number of hydrogen-bond acceptors (Lipinski definition) is 1. The van der Waals surface area contributed by atoms with Crippen LogP contribution in [0, 0.1) is 0 Å². The number of benzene rings is 1. The minimum atomic E-state index is 0.142. The van der Waals surface area contributed by atoms with Crippen LogP contribution in [0.15, 0.2) is 30.3 Å². The van der Waals surface area contributed by atoms with Gasteiger partial charge in [-0.3, -0.25) is 4.79 Å². The van der Waals surface area contributed by atoms with E-state index in [4.69, 9.17) is 11.6 Å². The summed E-state index contributed by atoms with van der Waals surface area (Å²) in [5.74, 6) is 0.742. The van der Waals surface area contributed by atoms with Gasteiger partial charge in [0.2, 0.25) is 5.91 Å². The van der Waals surface area contributed by atoms with Gasteiger partial charge >= 0.3 is 0 Å². The molecule has 1 atom stereocenters. The summed E-state index contributed by atoms with van der Waals surface area (Å²) in [5.41, 5.74) is 1.29. The van der Waals surface area contributed by atoms with Gasteiger partial charge in [-0.05, 0) is 31.2 Å². The standard InChI is InChI=1S/C15H22ClNO/c1-2-14(11-12-16)17-15(18)10-6-9-13-7-4-3-5-8-13/h3-5,7-8,14H,2,6,9-12H2,1H3,(H,17,18). The van der Waals surface area contributed by atoms with Gasteiger partial charge < -0.3 is 5.32 Å². The number of aryl methyl sites for hydroxylation is 1. The van der Waals surface area contributed by atoms with Crippen molar-refractivity contribution in [2.75, 3.05) is 5.88 Å². The molecule has 0 aromatic heterocycles. The second-order valence-corrected chi connectivity index (χ2v) is 4.87. The third kappa shape index (κ3) is 6.06. The number of halogens is 1. The van der Waals surface area contributed by atoms with Crippen molar-refractivity contribution >= 4 is 17.5 Å². The molecule has 0 saturated carbocycles. The summed E-state index contributed by atoms with van der Waals surface area (Å²) >= 11 is 5.69. The van der Waals surface area contributed by atoms with E-state index in [2.05, 4.69) is 24.4 Å². The van der Waals surface area contributed by atoms with E-state index < -0.39 is 0 Å². The molecule has 1 N–H and O–H groups in total. The van der Waals surface area contributed by atoms with E-state index in [0.717, 1.165) is 25.7 Å². The highest BCUT2D eigenvalue weighted by molar-refractivity contribution is 6.17. The maximum absolute atomic E-state index is 11.7. The fourth-order valence-electron chi connectivity index (χ4n) is 1.91. The number of carbonyl (C=O) groups is 1. The van der Waals surface area contributed by atoms with Gasteiger partial charge in [0.25, 0.3) is 0 Å². The lowest BCUT2D eigenvalue weighted by atomic mass is 10.1. The molecule has 18 heavy (non-hydrogen) atoms. The molecular formula is C15H22ClNO. The van der Waals surface area contributed by atoms with E-state index >= 15 is 0 Å². The molecule has 0 bridgehead atoms. The van der Waals surface area contributed by atoms with Crippen molar-refractivity contribution < 1.29 is 4.79 Å². The Morgan fingerprint density at radius 2 is 2.06 bits per heavy atom. The Bertz CT molecular complexity index is 340. The number of carbonyl (C=O) groups excluding carboxylic acids is 1. The van der Waals surface area contributed by atoms with Crippen LogP contribution in [-0.4, -0.2) is 17.8 Å². The smallest absolute Gasteiger partial charge is 0.220 e. The molecule has 0 fully saturated rings. The Morgan fingerprint density at radius 3 is 2.67 bits per heavy atom. The molecule has 1 aromatic carbocycles. The molecular weight excluding hydrogens is 246 g/mol. The molecule has 0 saturated heterocycles. The van der Waals surface area contributed by atoms with Gasteiger partial charge in [0.1, 0.15) is 0 Å². The third-order valence-electron chi connectivity index (χ3n) is 3.03. The number of rotatable bonds is 8. The average molecular weight is 268 g/mol. The molecule has 100 valence electrons. The molecule has 1 unspecified atom stereocenters. The number of hydrogen-bond donors (Lipinski definition) is 1. The molecule has 0 aliphatic rings. The quantitative estimate of drug-likeness (QED) is 0.718. The molecule has 1 aromatic rings. The summed E-state index contributed by atoms with van der Waals surface area (Å²) in [4.78, 5) is 11.7. The maximum Gasteiger partial charge on any atom is 0.220 e. The van der Waals surface area contributed by atoms with E-state index in [-0.39, 0.29) is 11.9 Å². The van der Waals surface area contributed by atoms with Crippen molar-refractivity contribution in [2.24, 2.45) is 0 Å². The predicted octanol–water partition coefficient (Wildman–Crippen LogP) is 3.53. The maximum atomic E-state index is 11.7. The second kappa shape index (κ2) is 8.98. The summed E-state index contributed by atoms with van der Waals surface area (Å²) < 4.78 is 0. The average Bonchev–Trinajstić information content (AvgIpc) is 2.39. The first-order valence-corrected chi connectivity index (χ1v) is 7.19. The van der Waals surface area contributed by atoms with E-state index in [9.17, 15) is 4.79 Å². The lowest BCUT2D eigenvalue weighted by Gasteiger charge is -2.15. The summed E-state index contributed by atoms with van der Waals surface area (Å²) in [7, 11) is 0. The fourth-order valence-corrected chi connectivity index (χ4v) is 2.17. The minimum absolute atomic E-state index is 0.142. The fraction of sp³-hybridized carbons (Fsp3) is 0.533. The Labute approximate surface area is 115 Å². The lowest BCUT2D eigenvalue weighted by molar-refractivity contribution is -0.121. The van der Waals surface area contributed by atoms with Crippen LogP contribution in [0.25, 0.3) is 0 Å². The topological polar surface area (TPSA) is 29.1 Å². The molecule has 0 radical (unpaired) electrons. The van der Waals surface area contributed by atoms with Gasteiger partial charge in [0.15, 0.2) is 0 Å². The van der Waals surface area contributed by atoms with Gasteiger partial charge in [0.05, 0.1) is 0 Å². The zero-order valence-corrected chi connectivity index (χ0v) is 11.7. The summed E-state index contributed by atoms with van der Waals surface area (Å²) in [5, 5.41) is 3.03. The molecule has 0 spiro atoms. The molecule has 2 nitrogen and oxygen atoms in total. The van der Waals surface area contributed by atoms with Crippen LogP contribution in [0.5, 0.6) is 0 Å². The minimum Gasteiger partial charge on any atom is -0.353 e. The van der Waals surface area contributed by atoms with Crippen LogP contribution in [0.1, 0.15) is 38.2 Å². The largest absolute Gasteiger partial charge is 0.353 e. The summed E-state index contributed by atoms with van der Waals surface area (Å²) in [6.07, 6.45) is 4.24. The molecule has 0 heterocycles. The van der Waals surface area contributed by atoms with Crippen molar-refractivity contribution in [3.63, 3.8) is 0 Å². The highest BCUT2D eigenvalue weighted by Crippen LogP contribution is 2.05. The van der Waals surface area contributed by atoms with Crippen molar-refractivity contribution in [3.8, 4) is 0 Å². The zero-order valence-electron chi connectivity index (χ0n) is 11.0. The van der Waals surface area contributed by atoms with Gasteiger partial charge in [-0.2, -0.15) is 0 Å². The normalized spacial score (nSPS) is 12.1.